The van der Waals surface area contributed by atoms with E-state index in [1.165, 1.54) is 83.5 Å². The molecule has 0 spiro atoms. The lowest BCUT2D eigenvalue weighted by Gasteiger charge is -2.08. The van der Waals surface area contributed by atoms with Crippen LogP contribution in [0.1, 0.15) is 110 Å². The van der Waals surface area contributed by atoms with E-state index in [0.717, 1.165) is 12.8 Å². The molecule has 0 N–H and O–H groups in total. The zero-order valence-electron chi connectivity index (χ0n) is 15.6. The number of ether oxygens (including phenoxy) is 1. The maximum Gasteiger partial charge on any atom is 0.318 e. The van der Waals surface area contributed by atoms with Gasteiger partial charge in [0.25, 0.3) is 0 Å². The average Bonchev–Trinajstić information content (AvgIpc) is 2.55. The average molecular weight is 438 g/mol. The number of carbonyl (C=O) groups excluding carboxylic acids is 1. The topological polar surface area (TPSA) is 26.3 Å². The maximum atomic E-state index is 11.5. The van der Waals surface area contributed by atoms with Gasteiger partial charge < -0.3 is 4.74 Å². The Kier molecular flexibility index (Phi) is 18.7. The molecule has 0 aromatic heterocycles. The van der Waals surface area contributed by atoms with E-state index >= 15 is 0 Å². The van der Waals surface area contributed by atoms with Crippen molar-refractivity contribution in [1.82, 2.24) is 0 Å². The van der Waals surface area contributed by atoms with Gasteiger partial charge in [-0.05, 0) is 13.3 Å². The Morgan fingerprint density at radius 2 is 1.13 bits per heavy atom. The highest BCUT2D eigenvalue weighted by Gasteiger charge is 2.14. The Labute approximate surface area is 158 Å². The first-order valence-corrected chi connectivity index (χ1v) is 11.3. The summed E-state index contributed by atoms with van der Waals surface area (Å²) in [6.45, 7) is 4.64. The normalized spacial score (nSPS) is 12.3. The van der Waals surface area contributed by atoms with Crippen LogP contribution in [0.2, 0.25) is 0 Å². The zero-order chi connectivity index (χ0) is 17.2. The predicted octanol–water partition coefficient (Wildman–Crippen LogP) is 7.22. The molecule has 23 heavy (non-hydrogen) atoms. The summed E-state index contributed by atoms with van der Waals surface area (Å²) in [5, 5.41) is 0. The molecule has 138 valence electrons. The highest BCUT2D eigenvalue weighted by molar-refractivity contribution is 14.1. The van der Waals surface area contributed by atoms with Gasteiger partial charge in [-0.3, -0.25) is 4.79 Å². The summed E-state index contributed by atoms with van der Waals surface area (Å²) in [4.78, 5) is 11.5. The molecule has 0 rings (SSSR count). The number of alkyl halides is 1. The van der Waals surface area contributed by atoms with Gasteiger partial charge in [-0.15, -0.1) is 0 Å². The van der Waals surface area contributed by atoms with Crippen molar-refractivity contribution in [2.24, 2.45) is 0 Å². The number of halogens is 1. The lowest BCUT2D eigenvalue weighted by molar-refractivity contribution is -0.142. The first kappa shape index (κ1) is 23.2. The van der Waals surface area contributed by atoms with Crippen LogP contribution >= 0.6 is 22.6 Å². The third-order valence-electron chi connectivity index (χ3n) is 4.35. The summed E-state index contributed by atoms with van der Waals surface area (Å²) >= 11 is 2.21. The lowest BCUT2D eigenvalue weighted by Crippen LogP contribution is -2.16. The van der Waals surface area contributed by atoms with Gasteiger partial charge in [0, 0.05) is 0 Å². The van der Waals surface area contributed by atoms with Gasteiger partial charge in [0.05, 0.1) is 6.61 Å². The van der Waals surface area contributed by atoms with Crippen LogP contribution in [-0.4, -0.2) is 16.5 Å². The number of hydrogen-bond acceptors (Lipinski definition) is 2. The molecule has 1 unspecified atom stereocenters. The van der Waals surface area contributed by atoms with Gasteiger partial charge in [-0.2, -0.15) is 0 Å². The number of unbranched alkanes of at least 4 members (excludes halogenated alkanes) is 13. The van der Waals surface area contributed by atoms with Gasteiger partial charge in [0.2, 0.25) is 0 Å². The second-order valence-electron chi connectivity index (χ2n) is 6.60. The van der Waals surface area contributed by atoms with Crippen LogP contribution in [0, 0.1) is 0 Å². The van der Waals surface area contributed by atoms with Crippen LogP contribution in [-0.2, 0) is 9.53 Å². The maximum absolute atomic E-state index is 11.5. The second kappa shape index (κ2) is 18.5. The smallest absolute Gasteiger partial charge is 0.318 e. The van der Waals surface area contributed by atoms with Gasteiger partial charge >= 0.3 is 5.97 Å². The van der Waals surface area contributed by atoms with Gasteiger partial charge in [-0.25, -0.2) is 0 Å². The Hall–Kier alpha value is 0.200. The first-order valence-electron chi connectivity index (χ1n) is 10.0. The van der Waals surface area contributed by atoms with E-state index in [1.807, 2.05) is 6.92 Å². The molecule has 0 saturated heterocycles. The van der Waals surface area contributed by atoms with Crippen molar-refractivity contribution in [1.29, 1.82) is 0 Å². The number of esters is 1. The lowest BCUT2D eigenvalue weighted by atomic mass is 10.0. The molecule has 0 aliphatic carbocycles. The molecule has 0 amide bonds. The molecular weight excluding hydrogens is 399 g/mol. The van der Waals surface area contributed by atoms with Crippen molar-refractivity contribution >= 4 is 28.6 Å². The van der Waals surface area contributed by atoms with Crippen molar-refractivity contribution in [2.45, 2.75) is 114 Å². The van der Waals surface area contributed by atoms with Crippen LogP contribution in [0.25, 0.3) is 0 Å². The Bertz CT molecular complexity index is 256. The van der Waals surface area contributed by atoms with Gasteiger partial charge in [0.1, 0.15) is 3.92 Å². The largest absolute Gasteiger partial charge is 0.465 e. The SMILES string of the molecule is CCCCCCCCCCCCCCCCC(I)C(=O)OCC. The van der Waals surface area contributed by atoms with E-state index in [0.29, 0.717) is 6.61 Å². The van der Waals surface area contributed by atoms with E-state index in [-0.39, 0.29) is 9.89 Å². The molecule has 1 atom stereocenters. The van der Waals surface area contributed by atoms with Crippen molar-refractivity contribution in [3.8, 4) is 0 Å². The van der Waals surface area contributed by atoms with Crippen LogP contribution in [0.15, 0.2) is 0 Å². The molecule has 0 saturated carbocycles. The summed E-state index contributed by atoms with van der Waals surface area (Å²) in [6, 6.07) is 0. The minimum absolute atomic E-state index is 0.0391. The summed E-state index contributed by atoms with van der Waals surface area (Å²) in [5.41, 5.74) is 0. The van der Waals surface area contributed by atoms with Crippen LogP contribution < -0.4 is 0 Å². The summed E-state index contributed by atoms with van der Waals surface area (Å²) in [6.07, 6.45) is 20.2. The van der Waals surface area contributed by atoms with E-state index < -0.39 is 0 Å². The summed E-state index contributed by atoms with van der Waals surface area (Å²) in [7, 11) is 0. The third-order valence-corrected chi connectivity index (χ3v) is 5.48. The molecule has 0 fully saturated rings. The van der Waals surface area contributed by atoms with Crippen molar-refractivity contribution in [2.75, 3.05) is 6.61 Å². The monoisotopic (exact) mass is 438 g/mol. The van der Waals surface area contributed by atoms with Crippen molar-refractivity contribution in [3.05, 3.63) is 0 Å². The minimum Gasteiger partial charge on any atom is -0.465 e. The predicted molar refractivity (Wildman–Crippen MR) is 109 cm³/mol. The van der Waals surface area contributed by atoms with Crippen molar-refractivity contribution < 1.29 is 9.53 Å². The molecule has 2 nitrogen and oxygen atoms in total. The van der Waals surface area contributed by atoms with E-state index in [2.05, 4.69) is 29.5 Å². The molecular formula is C20H39IO2. The molecule has 0 aromatic carbocycles. The molecule has 3 heteroatoms. The molecule has 0 aliphatic rings. The third kappa shape index (κ3) is 16.8. The fraction of sp³-hybridized carbons (Fsp3) is 0.950. The van der Waals surface area contributed by atoms with Crippen LogP contribution in [0.3, 0.4) is 0 Å². The minimum atomic E-state index is -0.0391. The molecule has 0 heterocycles. The number of hydrogen-bond donors (Lipinski definition) is 0. The summed E-state index contributed by atoms with van der Waals surface area (Å²) in [5.74, 6) is -0.0391. The highest BCUT2D eigenvalue weighted by Crippen LogP contribution is 2.16. The standard InChI is InChI=1S/C20H39IO2/c1-3-5-6-7-8-9-10-11-12-13-14-15-16-17-18-19(21)20(22)23-4-2/h19H,3-18H2,1-2H3. The Morgan fingerprint density at radius 3 is 1.52 bits per heavy atom. The fourth-order valence-corrected chi connectivity index (χ4v) is 3.49. The van der Waals surface area contributed by atoms with E-state index in [4.69, 9.17) is 4.74 Å². The molecule has 0 aliphatic heterocycles. The Morgan fingerprint density at radius 1 is 0.739 bits per heavy atom. The Balaban J connectivity index is 3.14. The van der Waals surface area contributed by atoms with Gasteiger partial charge in [-0.1, -0.05) is 119 Å². The van der Waals surface area contributed by atoms with Crippen LogP contribution in [0.4, 0.5) is 0 Å². The quantitative estimate of drug-likeness (QED) is 0.104. The van der Waals surface area contributed by atoms with Gasteiger partial charge in [0.15, 0.2) is 0 Å². The fourth-order valence-electron chi connectivity index (χ4n) is 2.87. The number of rotatable bonds is 17. The number of carbonyl (C=O) groups is 1. The molecule has 0 aromatic rings. The zero-order valence-corrected chi connectivity index (χ0v) is 17.7. The van der Waals surface area contributed by atoms with E-state index in [9.17, 15) is 4.79 Å². The molecule has 0 radical (unpaired) electrons. The van der Waals surface area contributed by atoms with E-state index in [1.54, 1.807) is 0 Å². The summed E-state index contributed by atoms with van der Waals surface area (Å²) < 4.78 is 5.07. The van der Waals surface area contributed by atoms with Crippen LogP contribution in [0.5, 0.6) is 0 Å². The second-order valence-corrected chi connectivity index (χ2v) is 8.11. The molecule has 0 bridgehead atoms. The first-order chi connectivity index (χ1) is 11.2. The van der Waals surface area contributed by atoms with Crippen molar-refractivity contribution in [3.63, 3.8) is 0 Å². The highest BCUT2D eigenvalue weighted by atomic mass is 127.